The molecule has 0 radical (unpaired) electrons. The predicted molar refractivity (Wildman–Crippen MR) is 125 cm³/mol. The van der Waals surface area contributed by atoms with Gasteiger partial charge in [-0.2, -0.15) is 0 Å². The summed E-state index contributed by atoms with van der Waals surface area (Å²) in [5.74, 6) is 1.62. The van der Waals surface area contributed by atoms with Crippen molar-refractivity contribution in [2.75, 3.05) is 7.11 Å². The Morgan fingerprint density at radius 3 is 2.50 bits per heavy atom. The fourth-order valence-electron chi connectivity index (χ4n) is 4.08. The second kappa shape index (κ2) is 7.96. The van der Waals surface area contributed by atoms with Crippen molar-refractivity contribution in [2.24, 2.45) is 0 Å². The van der Waals surface area contributed by atoms with E-state index in [1.807, 2.05) is 29.8 Å². The number of fused-ring (bicyclic) bond motifs is 1. The summed E-state index contributed by atoms with van der Waals surface area (Å²) in [6.07, 6.45) is 5.83. The number of hydrogen-bond donors (Lipinski definition) is 0. The van der Waals surface area contributed by atoms with Crippen LogP contribution in [0.2, 0.25) is 0 Å². The highest BCUT2D eigenvalue weighted by Crippen LogP contribution is 2.36. The maximum absolute atomic E-state index is 5.69. The molecular formula is C26H25N5O. The Labute approximate surface area is 187 Å². The number of rotatable bonds is 5. The number of aromatic nitrogens is 5. The molecule has 0 aliphatic carbocycles. The fraction of sp³-hybridized carbons (Fsp3) is 0.192. The smallest absolute Gasteiger partial charge is 0.165 e. The number of aryl methyl sites for hydroxylation is 2. The van der Waals surface area contributed by atoms with E-state index in [-0.39, 0.29) is 6.04 Å². The van der Waals surface area contributed by atoms with Crippen LogP contribution in [-0.2, 0) is 0 Å². The largest absolute Gasteiger partial charge is 0.495 e. The first-order chi connectivity index (χ1) is 15.5. The molecule has 3 aromatic rings. The lowest BCUT2D eigenvalue weighted by Crippen LogP contribution is -2.10. The molecule has 0 spiro atoms. The molecule has 2 aliphatic rings. The predicted octanol–water partition coefficient (Wildman–Crippen LogP) is 5.47. The molecule has 160 valence electrons. The van der Waals surface area contributed by atoms with Crippen molar-refractivity contribution >= 4 is 0 Å². The first-order valence-corrected chi connectivity index (χ1v) is 10.6. The van der Waals surface area contributed by atoms with E-state index >= 15 is 0 Å². The van der Waals surface area contributed by atoms with E-state index in [0.29, 0.717) is 0 Å². The standard InChI is InChI=1S/C26H25N5O/c1-17-7-9-20(10-8-17)19(3)31-13-5-6-22-25(28-29-26(22)31)21-11-12-23(24(14-21)32-4)30-15-18(2)27-16-30/h5-16,19H,1-4H3/t19-/m1/s1. The minimum absolute atomic E-state index is 0.144. The molecule has 6 nitrogen and oxygen atoms in total. The fourth-order valence-corrected chi connectivity index (χ4v) is 4.08. The van der Waals surface area contributed by atoms with Crippen LogP contribution >= 0.6 is 0 Å². The number of hydrogen-bond acceptors (Lipinski definition) is 4. The number of nitrogens with zero attached hydrogens (tertiary/aromatic N) is 5. The van der Waals surface area contributed by atoms with Crippen LogP contribution in [0.25, 0.3) is 28.3 Å². The molecule has 0 unspecified atom stereocenters. The SMILES string of the molecule is COc1cc(-c2nnc3n([C@H](C)c4ccc(C)cc4)cccc2-3)ccc1-n1cnc(C)c1. The van der Waals surface area contributed by atoms with Crippen molar-refractivity contribution in [3.63, 3.8) is 0 Å². The van der Waals surface area contributed by atoms with E-state index in [2.05, 4.69) is 82.3 Å². The average molecular weight is 424 g/mol. The van der Waals surface area contributed by atoms with Crippen molar-refractivity contribution in [3.8, 4) is 34.1 Å². The Kier molecular flexibility index (Phi) is 4.98. The summed E-state index contributed by atoms with van der Waals surface area (Å²) in [5.41, 5.74) is 7.20. The zero-order chi connectivity index (χ0) is 22.2. The molecule has 5 rings (SSSR count). The molecule has 0 saturated carbocycles. The first-order valence-electron chi connectivity index (χ1n) is 10.6. The molecule has 2 aliphatic heterocycles. The Balaban J connectivity index is 1.53. The van der Waals surface area contributed by atoms with Crippen LogP contribution in [0.1, 0.15) is 29.8 Å². The summed E-state index contributed by atoms with van der Waals surface area (Å²) < 4.78 is 9.83. The van der Waals surface area contributed by atoms with Crippen LogP contribution in [0.15, 0.2) is 73.3 Å². The summed E-state index contributed by atoms with van der Waals surface area (Å²) in [6, 6.07) is 19.0. The van der Waals surface area contributed by atoms with Gasteiger partial charge in [-0.25, -0.2) is 4.98 Å². The Morgan fingerprint density at radius 1 is 0.969 bits per heavy atom. The number of pyridine rings is 1. The lowest BCUT2D eigenvalue weighted by molar-refractivity contribution is 0.413. The van der Waals surface area contributed by atoms with Gasteiger partial charge >= 0.3 is 0 Å². The molecule has 2 aromatic carbocycles. The average Bonchev–Trinajstić information content (AvgIpc) is 3.45. The van der Waals surface area contributed by atoms with Gasteiger partial charge in [-0.05, 0) is 50.6 Å². The van der Waals surface area contributed by atoms with Gasteiger partial charge in [0.25, 0.3) is 0 Å². The zero-order valence-corrected chi connectivity index (χ0v) is 18.6. The Morgan fingerprint density at radius 2 is 1.78 bits per heavy atom. The zero-order valence-electron chi connectivity index (χ0n) is 18.6. The van der Waals surface area contributed by atoms with Crippen molar-refractivity contribution in [1.29, 1.82) is 0 Å². The number of imidazole rings is 1. The molecule has 0 fully saturated rings. The molecule has 0 bridgehead atoms. The Hall–Kier alpha value is -3.93. The lowest BCUT2D eigenvalue weighted by atomic mass is 10.0. The minimum Gasteiger partial charge on any atom is -0.495 e. The van der Waals surface area contributed by atoms with Gasteiger partial charge in [-0.1, -0.05) is 35.9 Å². The number of benzene rings is 2. The molecule has 0 N–H and O–H groups in total. The quantitative estimate of drug-likeness (QED) is 0.376. The molecule has 6 heteroatoms. The van der Waals surface area contributed by atoms with Gasteiger partial charge < -0.3 is 13.9 Å². The summed E-state index contributed by atoms with van der Waals surface area (Å²) >= 11 is 0. The maximum atomic E-state index is 5.69. The third-order valence-corrected chi connectivity index (χ3v) is 5.91. The highest BCUT2D eigenvalue weighted by atomic mass is 16.5. The molecule has 1 atom stereocenters. The van der Waals surface area contributed by atoms with Crippen LogP contribution in [0.5, 0.6) is 5.75 Å². The van der Waals surface area contributed by atoms with Crippen molar-refractivity contribution < 1.29 is 4.74 Å². The minimum atomic E-state index is 0.144. The lowest BCUT2D eigenvalue weighted by Gasteiger charge is -2.19. The van der Waals surface area contributed by atoms with Gasteiger partial charge in [0.05, 0.1) is 30.9 Å². The van der Waals surface area contributed by atoms with Gasteiger partial charge in [0, 0.05) is 23.5 Å². The summed E-state index contributed by atoms with van der Waals surface area (Å²) in [7, 11) is 1.68. The van der Waals surface area contributed by atoms with E-state index in [1.165, 1.54) is 11.1 Å². The molecule has 1 aromatic heterocycles. The highest BCUT2D eigenvalue weighted by Gasteiger charge is 2.21. The molecular weight excluding hydrogens is 398 g/mol. The summed E-state index contributed by atoms with van der Waals surface area (Å²) in [4.78, 5) is 4.32. The molecule has 32 heavy (non-hydrogen) atoms. The van der Waals surface area contributed by atoms with E-state index in [9.17, 15) is 0 Å². The van der Waals surface area contributed by atoms with Crippen LogP contribution in [-0.4, -0.2) is 31.4 Å². The van der Waals surface area contributed by atoms with Gasteiger partial charge in [-0.15, -0.1) is 10.2 Å². The first kappa shape index (κ1) is 20.0. The molecule has 0 saturated heterocycles. The van der Waals surface area contributed by atoms with Gasteiger partial charge in [0.1, 0.15) is 11.4 Å². The summed E-state index contributed by atoms with van der Waals surface area (Å²) in [5, 5.41) is 9.11. The summed E-state index contributed by atoms with van der Waals surface area (Å²) in [6.45, 7) is 6.25. The Bertz CT molecular complexity index is 1350. The van der Waals surface area contributed by atoms with E-state index in [0.717, 1.165) is 39.8 Å². The molecule has 0 amide bonds. The van der Waals surface area contributed by atoms with Gasteiger partial charge in [0.15, 0.2) is 5.82 Å². The second-order valence-corrected chi connectivity index (χ2v) is 8.10. The normalized spacial score (nSPS) is 12.2. The van der Waals surface area contributed by atoms with Gasteiger partial charge in [0.2, 0.25) is 0 Å². The highest BCUT2D eigenvalue weighted by molar-refractivity contribution is 5.80. The van der Waals surface area contributed by atoms with Crippen molar-refractivity contribution in [2.45, 2.75) is 26.8 Å². The maximum Gasteiger partial charge on any atom is 0.165 e. The van der Waals surface area contributed by atoms with Crippen molar-refractivity contribution in [1.82, 2.24) is 24.3 Å². The second-order valence-electron chi connectivity index (χ2n) is 8.10. The van der Waals surface area contributed by atoms with E-state index < -0.39 is 0 Å². The topological polar surface area (TPSA) is 57.8 Å². The van der Waals surface area contributed by atoms with Crippen LogP contribution in [0.3, 0.4) is 0 Å². The van der Waals surface area contributed by atoms with Crippen LogP contribution in [0.4, 0.5) is 0 Å². The monoisotopic (exact) mass is 423 g/mol. The van der Waals surface area contributed by atoms with Crippen LogP contribution in [0, 0.1) is 13.8 Å². The number of methoxy groups -OCH3 is 1. The molecule has 3 heterocycles. The van der Waals surface area contributed by atoms with Gasteiger partial charge in [-0.3, -0.25) is 0 Å². The third-order valence-electron chi connectivity index (χ3n) is 5.91. The van der Waals surface area contributed by atoms with E-state index in [1.54, 1.807) is 13.4 Å². The van der Waals surface area contributed by atoms with Crippen LogP contribution < -0.4 is 4.74 Å². The van der Waals surface area contributed by atoms with Crippen molar-refractivity contribution in [3.05, 3.63) is 90.1 Å². The third kappa shape index (κ3) is 3.43. The van der Waals surface area contributed by atoms with E-state index in [4.69, 9.17) is 4.74 Å². The number of ether oxygens (including phenoxy) is 1.